The van der Waals surface area contributed by atoms with Gasteiger partial charge in [0.05, 0.1) is 79.3 Å². The summed E-state index contributed by atoms with van der Waals surface area (Å²) >= 11 is 0. The Labute approximate surface area is 508 Å². The van der Waals surface area contributed by atoms with Crippen molar-refractivity contribution in [2.75, 3.05) is 0 Å². The van der Waals surface area contributed by atoms with Crippen molar-refractivity contribution in [3.8, 4) is 34.5 Å². The Morgan fingerprint density at radius 2 is 0.640 bits per heavy atom. The lowest BCUT2D eigenvalue weighted by Gasteiger charge is -2.33. The molecular weight excluding hydrogens is 1100 g/mol. The number of phenols is 6. The van der Waals surface area contributed by atoms with Gasteiger partial charge in [-0.25, -0.2) is 0 Å². The topological polar surface area (TPSA) is 364 Å². The van der Waals surface area contributed by atoms with Crippen molar-refractivity contribution in [3.05, 3.63) is 173 Å². The predicted molar refractivity (Wildman–Crippen MR) is 333 cm³/mol. The van der Waals surface area contributed by atoms with Crippen LogP contribution in [0.5, 0.6) is 34.5 Å². The number of benzene rings is 6. The number of aliphatic hydroxyl groups excluding tert-OH is 12. The molecule has 86 heavy (non-hydrogen) atoms. The lowest BCUT2D eigenvalue weighted by atomic mass is 9.71. The molecule has 0 radical (unpaired) electrons. The van der Waals surface area contributed by atoms with Gasteiger partial charge in [-0.3, -0.25) is 0 Å². The highest BCUT2D eigenvalue weighted by Gasteiger charge is 2.29. The first-order chi connectivity index (χ1) is 40.2. The van der Waals surface area contributed by atoms with Gasteiger partial charge < -0.3 is 91.9 Å². The van der Waals surface area contributed by atoms with E-state index in [1.807, 2.05) is 46.8 Å². The summed E-state index contributed by atoms with van der Waals surface area (Å²) in [5.74, 6) is 0.856. The monoisotopic (exact) mass is 1200 g/mol. The summed E-state index contributed by atoms with van der Waals surface area (Å²) < 4.78 is 0. The van der Waals surface area contributed by atoms with Gasteiger partial charge in [-0.05, 0) is 136 Å². The Morgan fingerprint density at radius 3 is 0.919 bits per heavy atom. The third-order valence-corrected chi connectivity index (χ3v) is 14.3. The van der Waals surface area contributed by atoms with Crippen molar-refractivity contribution < 1.29 is 91.9 Å². The number of aliphatic hydroxyl groups is 12. The van der Waals surface area contributed by atoms with E-state index >= 15 is 0 Å². The lowest BCUT2D eigenvalue weighted by Crippen LogP contribution is -2.25. The minimum atomic E-state index is -0.224. The fourth-order valence-corrected chi connectivity index (χ4v) is 9.25. The van der Waals surface area contributed by atoms with Gasteiger partial charge in [-0.15, -0.1) is 0 Å². The molecule has 1 atom stereocenters. The highest BCUT2D eigenvalue weighted by Crippen LogP contribution is 2.39. The van der Waals surface area contributed by atoms with Crippen LogP contribution in [0.15, 0.2) is 78.9 Å². The molecule has 0 amide bonds. The number of hydrogen-bond donors (Lipinski definition) is 18. The number of hydrogen-bond acceptors (Lipinski definition) is 18. The van der Waals surface area contributed by atoms with Crippen LogP contribution >= 0.6 is 0 Å². The van der Waals surface area contributed by atoms with E-state index in [1.165, 1.54) is 6.07 Å². The van der Waals surface area contributed by atoms with Crippen molar-refractivity contribution in [2.45, 2.75) is 199 Å². The van der Waals surface area contributed by atoms with E-state index in [4.69, 9.17) is 56.2 Å². The van der Waals surface area contributed by atoms with E-state index in [0.717, 1.165) is 40.7 Å². The van der Waals surface area contributed by atoms with Crippen LogP contribution in [0.4, 0.5) is 0 Å². The van der Waals surface area contributed by atoms with E-state index in [2.05, 4.69) is 55.4 Å². The maximum Gasteiger partial charge on any atom is 0.126 e. The molecular formula is C68H100O18. The van der Waals surface area contributed by atoms with Gasteiger partial charge in [0.1, 0.15) is 34.5 Å². The summed E-state index contributed by atoms with van der Waals surface area (Å²) in [5, 5.41) is 165. The average Bonchev–Trinajstić information content (AvgIpc) is 2.07. The van der Waals surface area contributed by atoms with Crippen LogP contribution in [0.3, 0.4) is 0 Å². The Balaban J connectivity index is 0.000000520. The summed E-state index contributed by atoms with van der Waals surface area (Å²) in [6.07, 6.45) is 1.79. The van der Waals surface area contributed by atoms with Crippen molar-refractivity contribution in [3.63, 3.8) is 0 Å². The zero-order valence-electron chi connectivity index (χ0n) is 52.6. The quantitative estimate of drug-likeness (QED) is 0.0405. The Hall–Kier alpha value is -6.36. The fraction of sp³-hybridized carbons (Fsp3) is 0.471. The molecule has 18 nitrogen and oxygen atoms in total. The lowest BCUT2D eigenvalue weighted by molar-refractivity contribution is 0.259. The van der Waals surface area contributed by atoms with Gasteiger partial charge in [0.15, 0.2) is 0 Å². The van der Waals surface area contributed by atoms with Gasteiger partial charge in [-0.1, -0.05) is 107 Å². The molecule has 6 rings (SSSR count). The van der Waals surface area contributed by atoms with Crippen LogP contribution in [0, 0.1) is 18.3 Å². The molecule has 0 heterocycles. The standard InChI is InChI=1S/C16H26O3.C13H20O3.C12H18O3.C10H14O3.C9H12O3.C8H10O3/c1-15(2,3)10-16(4,5)13-6-11(8-17)14(19)12(7-13)9-18;1-8(2)9(3)10-4-11(6-14)13(16)12(5-10)7-15;1-12(2,3)10-4-8(6-13)11(15)9(5-10)7-14;1-2-7-3-8(5-11)10(13)9(4-7)6-12;1-6-2-7(4-10)9(12)8(3-6)5-11;9-4-6-1-2-8(11)7(3-6)5-10/h6-7,17-19H,8-10H2,1-5H3;4-5,8-9,14-16H,6-7H2,1-3H3;4-5,13-15H,6-7H2,1-3H3;3-4,11-13H,2,5-6H2,1H3;2-3,10-12H,4-5H2,1H3;1-3,9-11H,4-5H2. The predicted octanol–water partition coefficient (Wildman–Crippen LogP) is 8.90. The highest BCUT2D eigenvalue weighted by atomic mass is 16.3. The largest absolute Gasteiger partial charge is 0.508 e. The normalized spacial score (nSPS) is 11.6. The maximum absolute atomic E-state index is 9.89. The molecule has 0 spiro atoms. The molecule has 0 aliphatic rings. The molecule has 1 unspecified atom stereocenters. The Morgan fingerprint density at radius 1 is 0.349 bits per heavy atom. The number of rotatable bonds is 17. The molecule has 18 N–H and O–H groups in total. The molecule has 0 saturated heterocycles. The van der Waals surface area contributed by atoms with Gasteiger partial charge in [0.25, 0.3) is 0 Å². The first-order valence-corrected chi connectivity index (χ1v) is 28.5. The third-order valence-electron chi connectivity index (χ3n) is 14.3. The first-order valence-electron chi connectivity index (χ1n) is 28.5. The first kappa shape index (κ1) is 77.7. The van der Waals surface area contributed by atoms with E-state index in [-0.39, 0.29) is 130 Å². The Bertz CT molecular complexity index is 2880. The number of aromatic hydroxyl groups is 6. The van der Waals surface area contributed by atoms with E-state index in [0.29, 0.717) is 78.6 Å². The van der Waals surface area contributed by atoms with Gasteiger partial charge in [0.2, 0.25) is 0 Å². The van der Waals surface area contributed by atoms with Crippen LogP contribution in [0.2, 0.25) is 0 Å². The average molecular weight is 1210 g/mol. The van der Waals surface area contributed by atoms with Crippen molar-refractivity contribution in [1.82, 2.24) is 0 Å². The van der Waals surface area contributed by atoms with Gasteiger partial charge in [-0.2, -0.15) is 0 Å². The molecule has 480 valence electrons. The summed E-state index contributed by atoms with van der Waals surface area (Å²) in [6, 6.07) is 22.3. The molecule has 0 aromatic heterocycles. The van der Waals surface area contributed by atoms with E-state index in [1.54, 1.807) is 60.7 Å². The molecule has 0 fully saturated rings. The van der Waals surface area contributed by atoms with Crippen molar-refractivity contribution in [2.24, 2.45) is 11.3 Å². The summed E-state index contributed by atoms with van der Waals surface area (Å²) in [5.41, 5.74) is 10.9. The van der Waals surface area contributed by atoms with E-state index in [9.17, 15) is 35.7 Å². The van der Waals surface area contributed by atoms with Crippen LogP contribution in [0.25, 0.3) is 0 Å². The van der Waals surface area contributed by atoms with Crippen LogP contribution < -0.4 is 0 Å². The minimum absolute atomic E-state index is 0.000286. The molecule has 0 aliphatic heterocycles. The SMILES string of the molecule is CC(C)(C)CC(C)(C)c1cc(CO)c(O)c(CO)c1.CC(C)(C)c1cc(CO)c(O)c(CO)c1.CC(C)C(C)c1cc(CO)c(O)c(CO)c1.CCc1cc(CO)c(O)c(CO)c1.Cc1cc(CO)c(O)c(CO)c1.OCc1ccc(O)c(CO)c1. The molecule has 18 heteroatoms. The van der Waals surface area contributed by atoms with Crippen molar-refractivity contribution >= 4 is 0 Å². The summed E-state index contributed by atoms with van der Waals surface area (Å²) in [6.45, 7) is 24.7. The van der Waals surface area contributed by atoms with Crippen molar-refractivity contribution in [1.29, 1.82) is 0 Å². The van der Waals surface area contributed by atoms with Crippen LogP contribution in [-0.2, 0) is 96.5 Å². The second-order valence-corrected chi connectivity index (χ2v) is 24.3. The van der Waals surface area contributed by atoms with Gasteiger partial charge in [0, 0.05) is 61.2 Å². The highest BCUT2D eigenvalue weighted by molar-refractivity contribution is 5.48. The molecule has 6 aromatic rings. The molecule has 0 saturated carbocycles. The van der Waals surface area contributed by atoms with E-state index < -0.39 is 0 Å². The molecule has 6 aromatic carbocycles. The fourth-order valence-electron chi connectivity index (χ4n) is 9.25. The Kier molecular flexibility index (Phi) is 33.1. The zero-order chi connectivity index (χ0) is 66.0. The summed E-state index contributed by atoms with van der Waals surface area (Å²) in [7, 11) is 0. The third kappa shape index (κ3) is 23.7. The molecule has 0 bridgehead atoms. The van der Waals surface area contributed by atoms with Crippen LogP contribution in [0.1, 0.15) is 190 Å². The van der Waals surface area contributed by atoms with Gasteiger partial charge >= 0.3 is 0 Å². The molecule has 0 aliphatic carbocycles. The minimum Gasteiger partial charge on any atom is -0.508 e. The maximum atomic E-state index is 9.89. The number of aryl methyl sites for hydroxylation is 2. The smallest absolute Gasteiger partial charge is 0.126 e. The van der Waals surface area contributed by atoms with Crippen LogP contribution in [-0.4, -0.2) is 91.9 Å². The second-order valence-electron chi connectivity index (χ2n) is 24.3. The zero-order valence-corrected chi connectivity index (χ0v) is 52.6. The second kappa shape index (κ2) is 36.7. The summed E-state index contributed by atoms with van der Waals surface area (Å²) in [4.78, 5) is 0.